The first-order valence-electron chi connectivity index (χ1n) is 8.73. The molecule has 1 aromatic carbocycles. The van der Waals surface area contributed by atoms with Gasteiger partial charge >= 0.3 is 0 Å². The molecule has 1 aliphatic heterocycles. The number of hydrogen-bond donors (Lipinski definition) is 1. The summed E-state index contributed by atoms with van der Waals surface area (Å²) in [5, 5.41) is 2.83. The van der Waals surface area contributed by atoms with E-state index in [9.17, 15) is 13.2 Å². The fraction of sp³-hybridized carbons (Fsp3) is 0.611. The Balaban J connectivity index is 2.10. The van der Waals surface area contributed by atoms with E-state index in [2.05, 4.69) is 26.1 Å². The zero-order valence-corrected chi connectivity index (χ0v) is 15.6. The van der Waals surface area contributed by atoms with Crippen LogP contribution in [-0.4, -0.2) is 38.3 Å². The van der Waals surface area contributed by atoms with Crippen molar-refractivity contribution >= 4 is 15.9 Å². The Morgan fingerprint density at radius 1 is 1.17 bits per heavy atom. The number of nitrogens with one attached hydrogen (secondary N) is 1. The van der Waals surface area contributed by atoms with Gasteiger partial charge in [0, 0.05) is 25.2 Å². The van der Waals surface area contributed by atoms with E-state index in [1.807, 2.05) is 0 Å². The summed E-state index contributed by atoms with van der Waals surface area (Å²) in [7, 11) is -3.49. The molecule has 0 unspecified atom stereocenters. The maximum absolute atomic E-state index is 12.8. The van der Waals surface area contributed by atoms with Gasteiger partial charge in [-0.3, -0.25) is 4.79 Å². The van der Waals surface area contributed by atoms with Gasteiger partial charge in [-0.1, -0.05) is 27.2 Å². The van der Waals surface area contributed by atoms with Crippen molar-refractivity contribution in [3.63, 3.8) is 0 Å². The van der Waals surface area contributed by atoms with Crippen LogP contribution < -0.4 is 5.32 Å². The number of amides is 1. The third kappa shape index (κ3) is 4.57. The number of nitrogens with zero attached hydrogens (tertiary/aromatic N) is 1. The predicted molar refractivity (Wildman–Crippen MR) is 95.4 cm³/mol. The number of unbranched alkanes of at least 4 members (excludes halogenated alkanes) is 1. The van der Waals surface area contributed by atoms with Crippen LogP contribution in [0.1, 0.15) is 50.4 Å². The van der Waals surface area contributed by atoms with Crippen LogP contribution in [0.2, 0.25) is 0 Å². The molecule has 1 saturated heterocycles. The molecule has 0 spiro atoms. The number of carbonyl (C=O) groups is 1. The van der Waals surface area contributed by atoms with Gasteiger partial charge < -0.3 is 5.32 Å². The zero-order valence-electron chi connectivity index (χ0n) is 14.8. The van der Waals surface area contributed by atoms with Gasteiger partial charge in [0.2, 0.25) is 10.0 Å². The first-order chi connectivity index (χ1) is 11.3. The summed E-state index contributed by atoms with van der Waals surface area (Å²) in [6, 6.07) is 6.25. The first-order valence-corrected chi connectivity index (χ1v) is 10.2. The lowest BCUT2D eigenvalue weighted by Crippen LogP contribution is -2.42. The maximum Gasteiger partial charge on any atom is 0.251 e. The van der Waals surface area contributed by atoms with E-state index in [1.54, 1.807) is 16.4 Å². The van der Waals surface area contributed by atoms with Crippen molar-refractivity contribution in [2.24, 2.45) is 11.8 Å². The maximum atomic E-state index is 12.8. The minimum absolute atomic E-state index is 0.160. The molecule has 2 atom stereocenters. The lowest BCUT2D eigenvalue weighted by molar-refractivity contribution is 0.0953. The Hall–Kier alpha value is -1.40. The average molecular weight is 353 g/mol. The molecule has 24 heavy (non-hydrogen) atoms. The second kappa shape index (κ2) is 8.12. The van der Waals surface area contributed by atoms with E-state index in [-0.39, 0.29) is 10.8 Å². The molecule has 5 nitrogen and oxygen atoms in total. The quantitative estimate of drug-likeness (QED) is 0.801. The number of carbonyl (C=O) groups excluding carboxylic acids is 1. The molecule has 134 valence electrons. The van der Waals surface area contributed by atoms with Crippen LogP contribution in [0.5, 0.6) is 0 Å². The van der Waals surface area contributed by atoms with Crippen molar-refractivity contribution in [2.45, 2.75) is 44.9 Å². The molecule has 1 fully saturated rings. The van der Waals surface area contributed by atoms with E-state index in [0.717, 1.165) is 19.3 Å². The lowest BCUT2D eigenvalue weighted by Gasteiger charge is -2.34. The van der Waals surface area contributed by atoms with Crippen LogP contribution >= 0.6 is 0 Å². The summed E-state index contributed by atoms with van der Waals surface area (Å²) in [6.07, 6.45) is 3.01. The number of sulfonamides is 1. The molecule has 0 aromatic heterocycles. The van der Waals surface area contributed by atoms with Crippen LogP contribution in [0.3, 0.4) is 0 Å². The first kappa shape index (κ1) is 18.9. The van der Waals surface area contributed by atoms with Crippen molar-refractivity contribution < 1.29 is 13.2 Å². The van der Waals surface area contributed by atoms with Crippen molar-refractivity contribution in [3.8, 4) is 0 Å². The van der Waals surface area contributed by atoms with Gasteiger partial charge in [0.1, 0.15) is 0 Å². The van der Waals surface area contributed by atoms with Crippen molar-refractivity contribution in [1.29, 1.82) is 0 Å². The summed E-state index contributed by atoms with van der Waals surface area (Å²) in [4.78, 5) is 12.3. The fourth-order valence-electron chi connectivity index (χ4n) is 3.21. The predicted octanol–water partition coefficient (Wildman–Crippen LogP) is 2.88. The number of piperidine rings is 1. The van der Waals surface area contributed by atoms with Gasteiger partial charge in [-0.15, -0.1) is 0 Å². The van der Waals surface area contributed by atoms with E-state index < -0.39 is 10.0 Å². The van der Waals surface area contributed by atoms with E-state index in [4.69, 9.17) is 0 Å². The van der Waals surface area contributed by atoms with Crippen molar-refractivity contribution in [1.82, 2.24) is 9.62 Å². The van der Waals surface area contributed by atoms with Gasteiger partial charge in [0.05, 0.1) is 4.90 Å². The average Bonchev–Trinajstić information content (AvgIpc) is 2.54. The summed E-state index contributed by atoms with van der Waals surface area (Å²) in [5.74, 6) is 0.576. The molecule has 1 aliphatic rings. The van der Waals surface area contributed by atoms with E-state index >= 15 is 0 Å². The molecule has 0 bridgehead atoms. The standard InChI is InChI=1S/C18H28N2O3S/c1-4-5-10-19-18(21)16-6-8-17(9-7-16)24(22,23)20-12-14(2)11-15(3)13-20/h6-9,14-15H,4-5,10-13H2,1-3H3,(H,19,21)/t14-,15-/m0/s1. The summed E-state index contributed by atoms with van der Waals surface area (Å²) in [6.45, 7) is 7.99. The monoisotopic (exact) mass is 352 g/mol. The Labute approximate surface area is 145 Å². The van der Waals surface area contributed by atoms with Crippen molar-refractivity contribution in [2.75, 3.05) is 19.6 Å². The van der Waals surface area contributed by atoms with Gasteiger partial charge in [0.25, 0.3) is 5.91 Å². The fourth-order valence-corrected chi connectivity index (χ4v) is 4.89. The Morgan fingerprint density at radius 3 is 2.29 bits per heavy atom. The molecule has 1 heterocycles. The van der Waals surface area contributed by atoms with Crippen LogP contribution in [-0.2, 0) is 10.0 Å². The smallest absolute Gasteiger partial charge is 0.251 e. The second-order valence-electron chi connectivity index (χ2n) is 6.90. The zero-order chi connectivity index (χ0) is 17.7. The molecular formula is C18H28N2O3S. The van der Waals surface area contributed by atoms with Crippen LogP contribution in [0, 0.1) is 11.8 Å². The lowest BCUT2D eigenvalue weighted by atomic mass is 9.94. The highest BCUT2D eigenvalue weighted by Gasteiger charge is 2.31. The van der Waals surface area contributed by atoms with Crippen LogP contribution in [0.15, 0.2) is 29.2 Å². The van der Waals surface area contributed by atoms with Gasteiger partial charge in [-0.05, 0) is 48.9 Å². The molecule has 1 aromatic rings. The Morgan fingerprint density at radius 2 is 1.75 bits per heavy atom. The van der Waals surface area contributed by atoms with Crippen LogP contribution in [0.25, 0.3) is 0 Å². The highest BCUT2D eigenvalue weighted by Crippen LogP contribution is 2.26. The van der Waals surface area contributed by atoms with Gasteiger partial charge in [-0.25, -0.2) is 8.42 Å². The minimum Gasteiger partial charge on any atom is -0.352 e. The Bertz CT molecular complexity index is 645. The molecule has 0 aliphatic carbocycles. The summed E-state index contributed by atoms with van der Waals surface area (Å²) < 4.78 is 27.2. The van der Waals surface area contributed by atoms with E-state index in [1.165, 1.54) is 12.1 Å². The largest absolute Gasteiger partial charge is 0.352 e. The normalized spacial score (nSPS) is 22.3. The number of hydrogen-bond acceptors (Lipinski definition) is 3. The molecule has 1 amide bonds. The van der Waals surface area contributed by atoms with Crippen LogP contribution in [0.4, 0.5) is 0 Å². The summed E-state index contributed by atoms with van der Waals surface area (Å²) in [5.41, 5.74) is 0.491. The van der Waals surface area contributed by atoms with E-state index in [0.29, 0.717) is 37.0 Å². The number of rotatable bonds is 6. The number of benzene rings is 1. The molecule has 1 N–H and O–H groups in total. The third-order valence-corrected chi connectivity index (χ3v) is 6.25. The Kier molecular flexibility index (Phi) is 6.40. The van der Waals surface area contributed by atoms with Crippen molar-refractivity contribution in [3.05, 3.63) is 29.8 Å². The van der Waals surface area contributed by atoms with Gasteiger partial charge in [0.15, 0.2) is 0 Å². The molecule has 6 heteroatoms. The summed E-state index contributed by atoms with van der Waals surface area (Å²) >= 11 is 0. The minimum atomic E-state index is -3.49. The molecule has 2 rings (SSSR count). The second-order valence-corrected chi connectivity index (χ2v) is 8.84. The topological polar surface area (TPSA) is 66.5 Å². The molecular weight excluding hydrogens is 324 g/mol. The van der Waals surface area contributed by atoms with Gasteiger partial charge in [-0.2, -0.15) is 4.31 Å². The highest BCUT2D eigenvalue weighted by atomic mass is 32.2. The molecule has 0 radical (unpaired) electrons. The SMILES string of the molecule is CCCCNC(=O)c1ccc(S(=O)(=O)N2C[C@@H](C)C[C@H](C)C2)cc1. The molecule has 0 saturated carbocycles. The third-order valence-electron chi connectivity index (χ3n) is 4.41. The highest BCUT2D eigenvalue weighted by molar-refractivity contribution is 7.89.